The fourth-order valence-corrected chi connectivity index (χ4v) is 4.42. The van der Waals surface area contributed by atoms with E-state index in [9.17, 15) is 14.4 Å². The van der Waals surface area contributed by atoms with Crippen molar-refractivity contribution in [2.45, 2.75) is 50.9 Å². The van der Waals surface area contributed by atoms with Gasteiger partial charge in [-0.1, -0.05) is 60.7 Å². The average Bonchev–Trinajstić information content (AvgIpc) is 3.03. The Kier molecular flexibility index (Phi) is 8.12. The monoisotopic (exact) mass is 440 g/mol. The van der Waals surface area contributed by atoms with Gasteiger partial charge in [-0.2, -0.15) is 12.6 Å². The third kappa shape index (κ3) is 5.88. The average molecular weight is 441 g/mol. The molecule has 0 aromatic heterocycles. The van der Waals surface area contributed by atoms with E-state index in [1.165, 1.54) is 0 Å². The van der Waals surface area contributed by atoms with Crippen molar-refractivity contribution in [1.29, 1.82) is 0 Å². The lowest BCUT2D eigenvalue weighted by atomic mass is 9.99. The van der Waals surface area contributed by atoms with Crippen LogP contribution in [0.2, 0.25) is 0 Å². The zero-order valence-electron chi connectivity index (χ0n) is 17.4. The van der Waals surface area contributed by atoms with Gasteiger partial charge in [0.05, 0.1) is 6.04 Å². The largest absolute Gasteiger partial charge is 0.481 e. The Balaban J connectivity index is 1.82. The van der Waals surface area contributed by atoms with E-state index in [1.807, 2.05) is 60.7 Å². The second kappa shape index (κ2) is 11.0. The molecule has 164 valence electrons. The highest BCUT2D eigenvalue weighted by Gasteiger charge is 2.47. The topological polar surface area (TPSA) is 77.9 Å². The number of carbonyl (C=O) groups is 3. The summed E-state index contributed by atoms with van der Waals surface area (Å²) in [6, 6.07) is 18.2. The smallest absolute Gasteiger partial charge is 0.321 e. The molecule has 1 fully saturated rings. The molecule has 0 unspecified atom stereocenters. The van der Waals surface area contributed by atoms with Gasteiger partial charge in [-0.25, -0.2) is 4.79 Å². The van der Waals surface area contributed by atoms with E-state index in [2.05, 4.69) is 12.6 Å². The molecule has 2 atom stereocenters. The SMILES string of the molecule is O=C(O)CCCCC(=O)[C@H]1[C@H](CS)N(Cc2ccccc2)C(=O)N1Cc1ccccc1. The number of ketones is 1. The van der Waals surface area contributed by atoms with Crippen molar-refractivity contribution in [2.24, 2.45) is 0 Å². The highest BCUT2D eigenvalue weighted by molar-refractivity contribution is 7.80. The van der Waals surface area contributed by atoms with E-state index in [0.717, 1.165) is 11.1 Å². The Bertz CT molecular complexity index is 891. The van der Waals surface area contributed by atoms with Crippen LogP contribution >= 0.6 is 12.6 Å². The summed E-state index contributed by atoms with van der Waals surface area (Å²) in [5.41, 5.74) is 1.95. The summed E-state index contributed by atoms with van der Waals surface area (Å²) in [6.45, 7) is 0.764. The number of nitrogens with zero attached hydrogens (tertiary/aromatic N) is 2. The minimum absolute atomic E-state index is 0.0377. The van der Waals surface area contributed by atoms with E-state index >= 15 is 0 Å². The van der Waals surface area contributed by atoms with Gasteiger partial charge in [0.2, 0.25) is 0 Å². The van der Waals surface area contributed by atoms with E-state index < -0.39 is 12.0 Å². The number of carbonyl (C=O) groups excluding carboxylic acids is 2. The molecule has 1 aliphatic rings. The number of aliphatic carboxylic acids is 1. The normalized spacial score (nSPS) is 18.4. The lowest BCUT2D eigenvalue weighted by Gasteiger charge is -2.26. The van der Waals surface area contributed by atoms with Crippen LogP contribution in [0.15, 0.2) is 60.7 Å². The Hall–Kier alpha value is -2.80. The fourth-order valence-electron chi connectivity index (χ4n) is 4.03. The third-order valence-corrected chi connectivity index (χ3v) is 5.94. The summed E-state index contributed by atoms with van der Waals surface area (Å²) in [5, 5.41) is 8.83. The summed E-state index contributed by atoms with van der Waals surface area (Å²) in [6.07, 6.45) is 1.23. The van der Waals surface area contributed by atoms with Gasteiger partial charge >= 0.3 is 12.0 Å². The van der Waals surface area contributed by atoms with Crippen molar-refractivity contribution in [3.05, 3.63) is 71.8 Å². The zero-order valence-corrected chi connectivity index (χ0v) is 18.3. The van der Waals surface area contributed by atoms with Crippen LogP contribution in [0.3, 0.4) is 0 Å². The van der Waals surface area contributed by atoms with Gasteiger partial charge < -0.3 is 14.9 Å². The molecule has 1 saturated heterocycles. The first-order chi connectivity index (χ1) is 15.0. The fraction of sp³-hybridized carbons (Fsp3) is 0.375. The number of unbranched alkanes of at least 4 members (excludes halogenated alkanes) is 1. The predicted molar refractivity (Wildman–Crippen MR) is 122 cm³/mol. The standard InChI is InChI=1S/C24H28N2O4S/c27-21(13-7-8-14-22(28)29)23-20(17-31)25(15-18-9-3-1-4-10-18)24(30)26(23)16-19-11-5-2-6-12-19/h1-6,9-12,20,23,31H,7-8,13-17H2,(H,28,29)/t20-,23+/m0/s1. The van der Waals surface area contributed by atoms with Crippen LogP contribution < -0.4 is 0 Å². The summed E-state index contributed by atoms with van der Waals surface area (Å²) in [5.74, 6) is -0.532. The molecule has 0 radical (unpaired) electrons. The van der Waals surface area contributed by atoms with Crippen molar-refractivity contribution in [2.75, 3.05) is 5.75 Å². The number of rotatable bonds is 11. The first-order valence-corrected chi connectivity index (χ1v) is 11.1. The van der Waals surface area contributed by atoms with E-state index in [4.69, 9.17) is 5.11 Å². The maximum Gasteiger partial charge on any atom is 0.321 e. The van der Waals surface area contributed by atoms with Crippen LogP contribution in [0, 0.1) is 0 Å². The van der Waals surface area contributed by atoms with Crippen LogP contribution in [-0.2, 0) is 22.7 Å². The lowest BCUT2D eigenvalue weighted by Crippen LogP contribution is -2.44. The van der Waals surface area contributed by atoms with Gasteiger partial charge in [0.1, 0.15) is 6.04 Å². The van der Waals surface area contributed by atoms with Crippen molar-refractivity contribution >= 4 is 30.4 Å². The first kappa shape index (κ1) is 22.9. The van der Waals surface area contributed by atoms with Gasteiger partial charge in [0.25, 0.3) is 0 Å². The van der Waals surface area contributed by atoms with Crippen molar-refractivity contribution in [3.63, 3.8) is 0 Å². The van der Waals surface area contributed by atoms with Crippen LogP contribution in [0.1, 0.15) is 36.8 Å². The number of benzene rings is 2. The molecule has 31 heavy (non-hydrogen) atoms. The Morgan fingerprint density at radius 2 is 1.35 bits per heavy atom. The molecule has 0 bridgehead atoms. The molecule has 1 N–H and O–H groups in total. The van der Waals surface area contributed by atoms with Gasteiger partial charge in [-0.05, 0) is 24.0 Å². The van der Waals surface area contributed by atoms with Gasteiger partial charge in [0, 0.05) is 31.7 Å². The summed E-state index contributed by atoms with van der Waals surface area (Å²) in [7, 11) is 0. The number of hydrogen-bond acceptors (Lipinski definition) is 4. The molecule has 3 rings (SSSR count). The number of amides is 2. The molecule has 2 aromatic rings. The van der Waals surface area contributed by atoms with Crippen molar-refractivity contribution < 1.29 is 19.5 Å². The number of hydrogen-bond donors (Lipinski definition) is 2. The molecule has 0 saturated carbocycles. The molecule has 0 aliphatic carbocycles. The zero-order chi connectivity index (χ0) is 22.2. The van der Waals surface area contributed by atoms with Crippen LogP contribution in [0.5, 0.6) is 0 Å². The number of Topliss-reactive ketones (excluding diaryl/α,β-unsaturated/α-hetero) is 1. The Labute approximate surface area is 188 Å². The van der Waals surface area contributed by atoms with Gasteiger partial charge in [-0.3, -0.25) is 9.59 Å². The van der Waals surface area contributed by atoms with E-state index in [1.54, 1.807) is 9.80 Å². The number of thiol groups is 1. The number of carboxylic acid groups (broad SMARTS) is 1. The molecule has 7 heteroatoms. The molecule has 0 spiro atoms. The molecule has 2 aromatic carbocycles. The van der Waals surface area contributed by atoms with Gasteiger partial charge in [-0.15, -0.1) is 0 Å². The molecule has 6 nitrogen and oxygen atoms in total. The number of urea groups is 1. The summed E-state index contributed by atoms with van der Waals surface area (Å²) >= 11 is 4.49. The highest BCUT2D eigenvalue weighted by atomic mass is 32.1. The van der Waals surface area contributed by atoms with E-state index in [-0.39, 0.29) is 30.7 Å². The molecule has 2 amide bonds. The molecule has 1 aliphatic heterocycles. The molecular formula is C24H28N2O4S. The van der Waals surface area contributed by atoms with E-state index in [0.29, 0.717) is 31.7 Å². The minimum atomic E-state index is -0.864. The maximum absolute atomic E-state index is 13.4. The highest BCUT2D eigenvalue weighted by Crippen LogP contribution is 2.29. The predicted octanol–water partition coefficient (Wildman–Crippen LogP) is 4.01. The summed E-state index contributed by atoms with van der Waals surface area (Å²) in [4.78, 5) is 40.8. The molecule has 1 heterocycles. The van der Waals surface area contributed by atoms with Crippen molar-refractivity contribution in [1.82, 2.24) is 9.80 Å². The lowest BCUT2D eigenvalue weighted by molar-refractivity contribution is -0.137. The maximum atomic E-state index is 13.4. The minimum Gasteiger partial charge on any atom is -0.481 e. The number of carboxylic acids is 1. The quantitative estimate of drug-likeness (QED) is 0.409. The van der Waals surface area contributed by atoms with Crippen LogP contribution in [-0.4, -0.2) is 50.5 Å². The Morgan fingerprint density at radius 3 is 1.87 bits per heavy atom. The van der Waals surface area contributed by atoms with Crippen LogP contribution in [0.25, 0.3) is 0 Å². The Morgan fingerprint density at radius 1 is 0.839 bits per heavy atom. The third-order valence-electron chi connectivity index (χ3n) is 5.56. The summed E-state index contributed by atoms with van der Waals surface area (Å²) < 4.78 is 0. The van der Waals surface area contributed by atoms with Crippen molar-refractivity contribution in [3.8, 4) is 0 Å². The van der Waals surface area contributed by atoms with Crippen LogP contribution in [0.4, 0.5) is 4.79 Å². The molecular weight excluding hydrogens is 412 g/mol. The second-order valence-electron chi connectivity index (χ2n) is 7.77. The first-order valence-electron chi connectivity index (χ1n) is 10.5. The van der Waals surface area contributed by atoms with Gasteiger partial charge in [0.15, 0.2) is 5.78 Å². The second-order valence-corrected chi connectivity index (χ2v) is 8.14.